The summed E-state index contributed by atoms with van der Waals surface area (Å²) >= 11 is 3.48. The van der Waals surface area contributed by atoms with Gasteiger partial charge in [0.25, 0.3) is 0 Å². The van der Waals surface area contributed by atoms with Gasteiger partial charge in [-0.25, -0.2) is 0 Å². The number of rotatable bonds is 2. The van der Waals surface area contributed by atoms with Crippen molar-refractivity contribution < 1.29 is 4.74 Å². The SMILES string of the molecule is COc1ccc(C2CN=C(N)N2C)cc1Br. The van der Waals surface area contributed by atoms with Crippen LogP contribution in [0.4, 0.5) is 0 Å². The highest BCUT2D eigenvalue weighted by Gasteiger charge is 2.24. The molecule has 1 aromatic rings. The fourth-order valence-electron chi connectivity index (χ4n) is 1.79. The molecule has 0 amide bonds. The minimum absolute atomic E-state index is 0.224. The summed E-state index contributed by atoms with van der Waals surface area (Å²) in [5.41, 5.74) is 6.92. The molecule has 1 aliphatic rings. The normalized spacial score (nSPS) is 19.8. The van der Waals surface area contributed by atoms with Crippen LogP contribution < -0.4 is 10.5 Å². The standard InChI is InChI=1S/C11H14BrN3O/c1-15-9(6-14-11(15)13)7-3-4-10(16-2)8(12)5-7/h3-5,9H,6H2,1-2H3,(H2,13,14). The lowest BCUT2D eigenvalue weighted by molar-refractivity contribution is 0.404. The number of benzene rings is 1. The highest BCUT2D eigenvalue weighted by Crippen LogP contribution is 2.31. The maximum absolute atomic E-state index is 5.74. The van der Waals surface area contributed by atoms with E-state index in [0.29, 0.717) is 12.5 Å². The fourth-order valence-corrected chi connectivity index (χ4v) is 2.35. The number of nitrogens with zero attached hydrogens (tertiary/aromatic N) is 2. The van der Waals surface area contributed by atoms with Crippen molar-refractivity contribution in [1.82, 2.24) is 4.90 Å². The number of methoxy groups -OCH3 is 1. The van der Waals surface area contributed by atoms with Crippen LogP contribution in [-0.4, -0.2) is 31.6 Å². The van der Waals surface area contributed by atoms with Gasteiger partial charge in [-0.1, -0.05) is 6.07 Å². The molecule has 1 unspecified atom stereocenters. The maximum Gasteiger partial charge on any atom is 0.191 e. The Morgan fingerprint density at radius 2 is 2.31 bits per heavy atom. The molecule has 0 fully saturated rings. The molecule has 0 aromatic heterocycles. The number of halogens is 1. The van der Waals surface area contributed by atoms with Crippen LogP contribution in [0.2, 0.25) is 0 Å². The summed E-state index contributed by atoms with van der Waals surface area (Å²) in [5, 5.41) is 0. The summed E-state index contributed by atoms with van der Waals surface area (Å²) in [6.07, 6.45) is 0. The van der Waals surface area contributed by atoms with Crippen molar-refractivity contribution in [3.05, 3.63) is 28.2 Å². The number of aliphatic imine (C=N–C) groups is 1. The van der Waals surface area contributed by atoms with Crippen LogP contribution in [0.1, 0.15) is 11.6 Å². The van der Waals surface area contributed by atoms with Crippen molar-refractivity contribution in [2.75, 3.05) is 20.7 Å². The van der Waals surface area contributed by atoms with Crippen LogP contribution in [-0.2, 0) is 0 Å². The van der Waals surface area contributed by atoms with Gasteiger partial charge >= 0.3 is 0 Å². The lowest BCUT2D eigenvalue weighted by Gasteiger charge is -2.22. The predicted octanol–water partition coefficient (Wildman–Crippen LogP) is 1.76. The number of likely N-dealkylation sites (N-methyl/N-ethyl adjacent to an activating group) is 1. The first kappa shape index (κ1) is 11.3. The monoisotopic (exact) mass is 283 g/mol. The zero-order valence-corrected chi connectivity index (χ0v) is 10.9. The van der Waals surface area contributed by atoms with Crippen molar-refractivity contribution in [1.29, 1.82) is 0 Å². The second kappa shape index (κ2) is 4.33. The molecule has 1 aromatic carbocycles. The van der Waals surface area contributed by atoms with E-state index in [1.165, 1.54) is 5.56 Å². The Hall–Kier alpha value is -1.23. The third-order valence-corrected chi connectivity index (χ3v) is 3.44. The number of ether oxygens (including phenoxy) is 1. The van der Waals surface area contributed by atoms with Gasteiger partial charge in [0.1, 0.15) is 5.75 Å². The smallest absolute Gasteiger partial charge is 0.191 e. The Morgan fingerprint density at radius 1 is 1.56 bits per heavy atom. The predicted molar refractivity (Wildman–Crippen MR) is 67.7 cm³/mol. The molecule has 0 spiro atoms. The highest BCUT2D eigenvalue weighted by molar-refractivity contribution is 9.10. The van der Waals surface area contributed by atoms with E-state index in [1.807, 2.05) is 30.1 Å². The zero-order chi connectivity index (χ0) is 11.7. The summed E-state index contributed by atoms with van der Waals surface area (Å²) in [5.74, 6) is 1.43. The Balaban J connectivity index is 2.26. The van der Waals surface area contributed by atoms with E-state index in [9.17, 15) is 0 Å². The molecule has 0 radical (unpaired) electrons. The van der Waals surface area contributed by atoms with E-state index in [-0.39, 0.29) is 6.04 Å². The van der Waals surface area contributed by atoms with Gasteiger partial charge < -0.3 is 15.4 Å². The first-order valence-corrected chi connectivity index (χ1v) is 5.79. The van der Waals surface area contributed by atoms with Gasteiger partial charge in [-0.05, 0) is 33.6 Å². The van der Waals surface area contributed by atoms with Crippen LogP contribution in [0.15, 0.2) is 27.7 Å². The molecule has 0 aliphatic carbocycles. The lowest BCUT2D eigenvalue weighted by atomic mass is 10.1. The van der Waals surface area contributed by atoms with Crippen molar-refractivity contribution in [2.24, 2.45) is 10.7 Å². The average molecular weight is 284 g/mol. The van der Waals surface area contributed by atoms with Gasteiger partial charge in [-0.3, -0.25) is 4.99 Å². The molecular formula is C11H14BrN3O. The minimum atomic E-state index is 0.224. The van der Waals surface area contributed by atoms with Gasteiger partial charge in [-0.2, -0.15) is 0 Å². The van der Waals surface area contributed by atoms with E-state index in [1.54, 1.807) is 7.11 Å². The summed E-state index contributed by atoms with van der Waals surface area (Å²) in [7, 11) is 3.61. The van der Waals surface area contributed by atoms with E-state index in [0.717, 1.165) is 10.2 Å². The quantitative estimate of drug-likeness (QED) is 0.900. The minimum Gasteiger partial charge on any atom is -0.496 e. The van der Waals surface area contributed by atoms with Gasteiger partial charge in [-0.15, -0.1) is 0 Å². The molecule has 1 atom stereocenters. The molecule has 16 heavy (non-hydrogen) atoms. The van der Waals surface area contributed by atoms with Crippen LogP contribution >= 0.6 is 15.9 Å². The zero-order valence-electron chi connectivity index (χ0n) is 9.27. The van der Waals surface area contributed by atoms with Gasteiger partial charge in [0.05, 0.1) is 24.2 Å². The van der Waals surface area contributed by atoms with E-state index in [4.69, 9.17) is 10.5 Å². The maximum atomic E-state index is 5.74. The Bertz CT molecular complexity index is 433. The fraction of sp³-hybridized carbons (Fsp3) is 0.364. The van der Waals surface area contributed by atoms with Crippen LogP contribution in [0, 0.1) is 0 Å². The summed E-state index contributed by atoms with van der Waals surface area (Å²) in [6, 6.07) is 6.26. The van der Waals surface area contributed by atoms with E-state index in [2.05, 4.69) is 20.9 Å². The number of nitrogens with two attached hydrogens (primary N) is 1. The molecule has 1 aliphatic heterocycles. The lowest BCUT2D eigenvalue weighted by Crippen LogP contribution is -2.32. The summed E-state index contributed by atoms with van der Waals surface area (Å²) in [6.45, 7) is 0.709. The van der Waals surface area contributed by atoms with Crippen LogP contribution in [0.3, 0.4) is 0 Å². The molecule has 4 nitrogen and oxygen atoms in total. The van der Waals surface area contributed by atoms with Gasteiger partial charge in [0, 0.05) is 7.05 Å². The van der Waals surface area contributed by atoms with Crippen LogP contribution in [0.25, 0.3) is 0 Å². The number of hydrogen-bond donors (Lipinski definition) is 1. The second-order valence-electron chi connectivity index (χ2n) is 3.72. The molecule has 0 saturated carbocycles. The average Bonchev–Trinajstić information content (AvgIpc) is 2.60. The Morgan fingerprint density at radius 3 is 2.81 bits per heavy atom. The van der Waals surface area contributed by atoms with Crippen molar-refractivity contribution in [3.63, 3.8) is 0 Å². The van der Waals surface area contributed by atoms with E-state index < -0.39 is 0 Å². The van der Waals surface area contributed by atoms with Gasteiger partial charge in [0.2, 0.25) is 0 Å². The molecular weight excluding hydrogens is 270 g/mol. The molecule has 0 saturated heterocycles. The molecule has 2 N–H and O–H groups in total. The third kappa shape index (κ3) is 1.87. The summed E-state index contributed by atoms with van der Waals surface area (Å²) < 4.78 is 6.15. The molecule has 0 bridgehead atoms. The first-order chi connectivity index (χ1) is 7.63. The van der Waals surface area contributed by atoms with Crippen molar-refractivity contribution in [2.45, 2.75) is 6.04 Å². The number of hydrogen-bond acceptors (Lipinski definition) is 4. The van der Waals surface area contributed by atoms with Crippen LogP contribution in [0.5, 0.6) is 5.75 Å². The van der Waals surface area contributed by atoms with Gasteiger partial charge in [0.15, 0.2) is 5.96 Å². The highest BCUT2D eigenvalue weighted by atomic mass is 79.9. The Kier molecular flexibility index (Phi) is 3.05. The topological polar surface area (TPSA) is 50.9 Å². The van der Waals surface area contributed by atoms with Crippen molar-refractivity contribution >= 4 is 21.9 Å². The second-order valence-corrected chi connectivity index (χ2v) is 4.57. The molecule has 5 heteroatoms. The van der Waals surface area contributed by atoms with E-state index >= 15 is 0 Å². The Labute approximate surface area is 103 Å². The first-order valence-electron chi connectivity index (χ1n) is 4.99. The summed E-state index contributed by atoms with van der Waals surface area (Å²) in [4.78, 5) is 6.20. The number of guanidine groups is 1. The molecule has 86 valence electrons. The molecule has 1 heterocycles. The third-order valence-electron chi connectivity index (χ3n) is 2.82. The van der Waals surface area contributed by atoms with Crippen molar-refractivity contribution in [3.8, 4) is 5.75 Å². The largest absolute Gasteiger partial charge is 0.496 e. The molecule has 2 rings (SSSR count).